The van der Waals surface area contributed by atoms with Crippen LogP contribution in [0, 0.1) is 6.92 Å². The van der Waals surface area contributed by atoms with Crippen molar-refractivity contribution in [1.29, 1.82) is 0 Å². The number of carbonyl (C=O) groups excluding carboxylic acids is 1. The smallest absolute Gasteiger partial charge is 0.260 e. The minimum atomic E-state index is -0.265. The van der Waals surface area contributed by atoms with Gasteiger partial charge in [0, 0.05) is 16.0 Å². The van der Waals surface area contributed by atoms with E-state index in [-0.39, 0.29) is 17.2 Å². The summed E-state index contributed by atoms with van der Waals surface area (Å²) in [4.78, 5) is 32.9. The summed E-state index contributed by atoms with van der Waals surface area (Å²) in [7, 11) is 0. The Morgan fingerprint density at radius 1 is 1.20 bits per heavy atom. The number of fused-ring (bicyclic) bond motifs is 1. The molecule has 2 N–H and O–H groups in total. The molecule has 0 aliphatic carbocycles. The summed E-state index contributed by atoms with van der Waals surface area (Å²) in [6.07, 6.45) is 0. The first-order valence-electron chi connectivity index (χ1n) is 8.87. The molecule has 0 radical (unpaired) electrons. The van der Waals surface area contributed by atoms with Crippen LogP contribution in [0.2, 0.25) is 10.0 Å². The lowest BCUT2D eigenvalue weighted by Gasteiger charge is -2.07. The van der Waals surface area contributed by atoms with E-state index in [1.807, 2.05) is 36.6 Å². The van der Waals surface area contributed by atoms with Crippen molar-refractivity contribution in [2.24, 2.45) is 0 Å². The molecule has 0 atom stereocenters. The van der Waals surface area contributed by atoms with Crippen molar-refractivity contribution >= 4 is 68.1 Å². The fourth-order valence-corrected chi connectivity index (χ4v) is 4.98. The first-order valence-corrected chi connectivity index (χ1v) is 11.5. The second-order valence-corrected chi connectivity index (χ2v) is 9.19. The number of hydrogen-bond acceptors (Lipinski definition) is 5. The molecule has 9 heteroatoms. The maximum absolute atomic E-state index is 12.7. The summed E-state index contributed by atoms with van der Waals surface area (Å²) in [5.74, 6) is -0.192. The molecule has 152 valence electrons. The third-order valence-corrected chi connectivity index (χ3v) is 6.62. The van der Waals surface area contributed by atoms with Gasteiger partial charge in [0.1, 0.15) is 4.83 Å². The highest BCUT2D eigenvalue weighted by atomic mass is 35.5. The van der Waals surface area contributed by atoms with Gasteiger partial charge in [-0.25, -0.2) is 4.98 Å². The molecule has 0 aliphatic heterocycles. The van der Waals surface area contributed by atoms with Gasteiger partial charge in [0.15, 0.2) is 5.16 Å². The Hall–Kier alpha value is -2.32. The van der Waals surface area contributed by atoms with E-state index in [0.717, 1.165) is 28.5 Å². The minimum absolute atomic E-state index is 0.0730. The molecular weight excluding hydrogens is 461 g/mol. The zero-order valence-corrected chi connectivity index (χ0v) is 18.8. The SMILES string of the molecule is Cc1ccc(-c2csc3nc(SCC(=O)Nc4ccc(Cl)cc4Cl)[nH]c(=O)c23)cc1. The number of benzene rings is 2. The minimum Gasteiger partial charge on any atom is -0.324 e. The fourth-order valence-electron chi connectivity index (χ4n) is 2.85. The molecule has 4 rings (SSSR count). The number of aromatic amines is 1. The summed E-state index contributed by atoms with van der Waals surface area (Å²) in [5.41, 5.74) is 3.24. The summed E-state index contributed by atoms with van der Waals surface area (Å²) in [6.45, 7) is 2.02. The number of nitrogens with one attached hydrogen (secondary N) is 2. The molecule has 0 bridgehead atoms. The highest BCUT2D eigenvalue weighted by Gasteiger charge is 2.14. The van der Waals surface area contributed by atoms with Crippen molar-refractivity contribution < 1.29 is 4.79 Å². The zero-order chi connectivity index (χ0) is 21.3. The number of thiophene rings is 1. The van der Waals surface area contributed by atoms with Crippen molar-refractivity contribution in [1.82, 2.24) is 9.97 Å². The van der Waals surface area contributed by atoms with E-state index < -0.39 is 0 Å². The number of carbonyl (C=O) groups is 1. The highest BCUT2D eigenvalue weighted by Crippen LogP contribution is 2.32. The van der Waals surface area contributed by atoms with E-state index in [1.165, 1.54) is 11.3 Å². The molecule has 0 saturated heterocycles. The van der Waals surface area contributed by atoms with Gasteiger partial charge >= 0.3 is 0 Å². The van der Waals surface area contributed by atoms with Gasteiger partial charge in [-0.1, -0.05) is 64.8 Å². The van der Waals surface area contributed by atoms with Crippen molar-refractivity contribution in [3.05, 3.63) is 73.8 Å². The monoisotopic (exact) mass is 475 g/mol. The summed E-state index contributed by atoms with van der Waals surface area (Å²) in [6, 6.07) is 12.8. The van der Waals surface area contributed by atoms with E-state index in [0.29, 0.717) is 31.1 Å². The van der Waals surface area contributed by atoms with Crippen LogP contribution in [-0.2, 0) is 4.79 Å². The van der Waals surface area contributed by atoms with Crippen LogP contribution in [0.5, 0.6) is 0 Å². The molecule has 4 aromatic rings. The van der Waals surface area contributed by atoms with Crippen LogP contribution in [0.3, 0.4) is 0 Å². The largest absolute Gasteiger partial charge is 0.324 e. The zero-order valence-electron chi connectivity index (χ0n) is 15.7. The van der Waals surface area contributed by atoms with Crippen molar-refractivity contribution in [2.45, 2.75) is 12.1 Å². The molecule has 5 nitrogen and oxygen atoms in total. The van der Waals surface area contributed by atoms with Crippen molar-refractivity contribution in [2.75, 3.05) is 11.1 Å². The van der Waals surface area contributed by atoms with E-state index >= 15 is 0 Å². The van der Waals surface area contributed by atoms with E-state index in [9.17, 15) is 9.59 Å². The number of halogens is 2. The molecule has 2 aromatic carbocycles. The topological polar surface area (TPSA) is 74.8 Å². The average Bonchev–Trinajstić information content (AvgIpc) is 3.14. The van der Waals surface area contributed by atoms with E-state index in [1.54, 1.807) is 18.2 Å². The number of H-pyrrole nitrogens is 1. The third kappa shape index (κ3) is 4.54. The molecule has 0 unspecified atom stereocenters. The number of hydrogen-bond donors (Lipinski definition) is 2. The van der Waals surface area contributed by atoms with Crippen molar-refractivity contribution in [3.8, 4) is 11.1 Å². The number of aromatic nitrogens is 2. The lowest BCUT2D eigenvalue weighted by molar-refractivity contribution is -0.113. The molecule has 0 spiro atoms. The Labute approximate surface area is 190 Å². The Kier molecular flexibility index (Phi) is 6.15. The molecule has 0 aliphatic rings. The maximum Gasteiger partial charge on any atom is 0.260 e. The highest BCUT2D eigenvalue weighted by molar-refractivity contribution is 7.99. The van der Waals surface area contributed by atoms with Gasteiger partial charge in [0.25, 0.3) is 5.56 Å². The third-order valence-electron chi connectivity index (χ3n) is 4.33. The number of thioether (sulfide) groups is 1. The standard InChI is InChI=1S/C21H15Cl2N3O2S2/c1-11-2-4-12(5-3-11)14-9-29-20-18(14)19(28)25-21(26-20)30-10-17(27)24-16-7-6-13(22)8-15(16)23/h2-9H,10H2,1H3,(H,24,27)(H,25,26,28). The van der Waals surface area contributed by atoms with Gasteiger partial charge in [-0.3, -0.25) is 9.59 Å². The lowest BCUT2D eigenvalue weighted by Crippen LogP contribution is -2.15. The number of aryl methyl sites for hydroxylation is 1. The molecule has 1 amide bonds. The number of rotatable bonds is 5. The molecule has 2 heterocycles. The predicted molar refractivity (Wildman–Crippen MR) is 126 cm³/mol. The Balaban J connectivity index is 1.51. The Bertz CT molecular complexity index is 1300. The predicted octanol–water partition coefficient (Wildman–Crippen LogP) is 6.00. The second kappa shape index (κ2) is 8.81. The molecule has 0 fully saturated rings. The van der Waals surface area contributed by atoms with Gasteiger partial charge in [0.2, 0.25) is 5.91 Å². The van der Waals surface area contributed by atoms with Crippen LogP contribution in [0.15, 0.2) is 57.8 Å². The summed E-state index contributed by atoms with van der Waals surface area (Å²) in [5, 5.41) is 6.45. The van der Waals surface area contributed by atoms with Gasteiger partial charge in [-0.2, -0.15) is 0 Å². The van der Waals surface area contributed by atoms with E-state index in [2.05, 4.69) is 15.3 Å². The first-order chi connectivity index (χ1) is 14.4. The van der Waals surface area contributed by atoms with Crippen LogP contribution in [0.1, 0.15) is 5.56 Å². The lowest BCUT2D eigenvalue weighted by atomic mass is 10.1. The maximum atomic E-state index is 12.7. The number of anilines is 1. The summed E-state index contributed by atoms with van der Waals surface area (Å²) >= 11 is 14.5. The molecular formula is C21H15Cl2N3O2S2. The summed E-state index contributed by atoms with van der Waals surface area (Å²) < 4.78 is 0. The van der Waals surface area contributed by atoms with Crippen LogP contribution >= 0.6 is 46.3 Å². The van der Waals surface area contributed by atoms with E-state index in [4.69, 9.17) is 23.2 Å². The van der Waals surface area contributed by atoms with Crippen LogP contribution in [0.4, 0.5) is 5.69 Å². The Morgan fingerprint density at radius 2 is 1.97 bits per heavy atom. The molecule has 2 aromatic heterocycles. The second-order valence-electron chi connectivity index (χ2n) is 6.53. The quantitative estimate of drug-likeness (QED) is 0.274. The van der Waals surface area contributed by atoms with Gasteiger partial charge in [0.05, 0.1) is 21.8 Å². The van der Waals surface area contributed by atoms with Gasteiger partial charge < -0.3 is 10.3 Å². The molecule has 0 saturated carbocycles. The number of nitrogens with zero attached hydrogens (tertiary/aromatic N) is 1. The van der Waals surface area contributed by atoms with Crippen LogP contribution in [-0.4, -0.2) is 21.6 Å². The van der Waals surface area contributed by atoms with Gasteiger partial charge in [-0.05, 0) is 30.7 Å². The van der Waals surface area contributed by atoms with Crippen LogP contribution in [0.25, 0.3) is 21.3 Å². The number of amides is 1. The molecule has 30 heavy (non-hydrogen) atoms. The first kappa shape index (κ1) is 20.9. The van der Waals surface area contributed by atoms with Gasteiger partial charge in [-0.15, -0.1) is 11.3 Å². The fraction of sp³-hybridized carbons (Fsp3) is 0.0952. The van der Waals surface area contributed by atoms with Crippen LogP contribution < -0.4 is 10.9 Å². The van der Waals surface area contributed by atoms with Crippen molar-refractivity contribution in [3.63, 3.8) is 0 Å². The normalized spacial score (nSPS) is 11.0. The Morgan fingerprint density at radius 3 is 2.70 bits per heavy atom. The average molecular weight is 476 g/mol.